The Hall–Kier alpha value is -2.45. The third kappa shape index (κ3) is 4.90. The Kier molecular flexibility index (Phi) is 7.35. The largest absolute Gasteiger partial charge is 0.364 e. The highest BCUT2D eigenvalue weighted by Crippen LogP contribution is 2.31. The second-order valence-electron chi connectivity index (χ2n) is 10.1. The van der Waals surface area contributed by atoms with Crippen molar-refractivity contribution in [2.24, 2.45) is 11.7 Å². The highest BCUT2D eigenvalue weighted by atomic mass is 19.1. The lowest BCUT2D eigenvalue weighted by Crippen LogP contribution is -2.58. The Bertz CT molecular complexity index is 977. The van der Waals surface area contributed by atoms with Gasteiger partial charge in [-0.25, -0.2) is 19.2 Å². The molecule has 5 heterocycles. The van der Waals surface area contributed by atoms with Crippen LogP contribution in [0.1, 0.15) is 19.3 Å². The van der Waals surface area contributed by atoms with Gasteiger partial charge >= 0.3 is 0 Å². The van der Waals surface area contributed by atoms with Crippen molar-refractivity contribution in [2.75, 3.05) is 63.1 Å². The van der Waals surface area contributed by atoms with E-state index in [4.69, 9.17) is 5.73 Å². The second-order valence-corrected chi connectivity index (χ2v) is 10.1. The van der Waals surface area contributed by atoms with Gasteiger partial charge in [-0.1, -0.05) is 6.42 Å². The van der Waals surface area contributed by atoms with E-state index in [9.17, 15) is 14.0 Å². The molecule has 11 nitrogen and oxygen atoms in total. The summed E-state index contributed by atoms with van der Waals surface area (Å²) >= 11 is 0. The number of halogens is 2. The number of hydrazine groups is 1. The number of alkyl halides is 1. The van der Waals surface area contributed by atoms with Gasteiger partial charge in [-0.15, -0.1) is 0 Å². The third-order valence-electron chi connectivity index (χ3n) is 7.72. The molecule has 198 valence electrons. The summed E-state index contributed by atoms with van der Waals surface area (Å²) in [5, 5.41) is 7.43. The normalized spacial score (nSPS) is 31.8. The number of fused-ring (bicyclic) bond motifs is 1. The molecule has 4 saturated heterocycles. The molecule has 0 aromatic carbocycles. The zero-order chi connectivity index (χ0) is 25.4. The van der Waals surface area contributed by atoms with Gasteiger partial charge in [-0.2, -0.15) is 0 Å². The van der Waals surface area contributed by atoms with Crippen molar-refractivity contribution in [2.45, 2.75) is 43.8 Å². The quantitative estimate of drug-likeness (QED) is 0.418. The average Bonchev–Trinajstić information content (AvgIpc) is 3.19. The number of aromatic nitrogens is 1. The number of pyridine rings is 1. The molecule has 1 aromatic rings. The first-order valence-corrected chi connectivity index (χ1v) is 12.7. The van der Waals surface area contributed by atoms with Crippen molar-refractivity contribution in [3.05, 3.63) is 18.2 Å². The first-order valence-electron chi connectivity index (χ1n) is 12.7. The number of rotatable bonds is 4. The smallest absolute Gasteiger partial charge is 0.240 e. The summed E-state index contributed by atoms with van der Waals surface area (Å²) < 4.78 is 28.8. The van der Waals surface area contributed by atoms with E-state index in [0.717, 1.165) is 32.0 Å². The number of likely N-dealkylation sites (N-methyl/N-ethyl adjacent to an activating group) is 1. The van der Waals surface area contributed by atoms with Crippen LogP contribution in [0, 0.1) is 11.7 Å². The van der Waals surface area contributed by atoms with Crippen molar-refractivity contribution < 1.29 is 18.4 Å². The van der Waals surface area contributed by atoms with Gasteiger partial charge in [0.25, 0.3) is 0 Å². The van der Waals surface area contributed by atoms with E-state index in [1.165, 1.54) is 6.20 Å². The maximum absolute atomic E-state index is 15.0. The Balaban J connectivity index is 1.26. The SMILES string of the molecule is CN1CCCCC1C(=O)N1CCN(c2c(F)cncc2NC(=O)C2C(N)NN3CC(F)CNC23)CC1. The Morgan fingerprint density at radius 1 is 1.17 bits per heavy atom. The van der Waals surface area contributed by atoms with Gasteiger partial charge in [-0.3, -0.25) is 24.8 Å². The van der Waals surface area contributed by atoms with Crippen LogP contribution in [0.3, 0.4) is 0 Å². The third-order valence-corrected chi connectivity index (χ3v) is 7.72. The van der Waals surface area contributed by atoms with Crippen LogP contribution < -0.4 is 26.7 Å². The van der Waals surface area contributed by atoms with Gasteiger partial charge in [0.2, 0.25) is 11.8 Å². The number of hydrogen-bond donors (Lipinski definition) is 4. The number of nitrogens with two attached hydrogens (primary N) is 1. The number of nitrogens with zero attached hydrogens (tertiary/aromatic N) is 5. The molecule has 0 saturated carbocycles. The number of hydrogen-bond acceptors (Lipinski definition) is 9. The molecule has 2 amide bonds. The summed E-state index contributed by atoms with van der Waals surface area (Å²) in [4.78, 5) is 36.1. The molecule has 0 radical (unpaired) electrons. The first-order chi connectivity index (χ1) is 17.3. The summed E-state index contributed by atoms with van der Waals surface area (Å²) in [5.74, 6) is -1.54. The Morgan fingerprint density at radius 3 is 2.69 bits per heavy atom. The fourth-order valence-corrected chi connectivity index (χ4v) is 5.78. The highest BCUT2D eigenvalue weighted by molar-refractivity contribution is 5.96. The number of nitrogens with one attached hydrogen (secondary N) is 3. The summed E-state index contributed by atoms with van der Waals surface area (Å²) in [6.45, 7) is 3.00. The van der Waals surface area contributed by atoms with E-state index in [2.05, 4.69) is 25.9 Å². The fourth-order valence-electron chi connectivity index (χ4n) is 5.78. The molecule has 4 aliphatic heterocycles. The molecule has 4 aliphatic rings. The number of piperidine rings is 1. The van der Waals surface area contributed by atoms with E-state index >= 15 is 4.39 Å². The number of amides is 2. The molecule has 4 fully saturated rings. The minimum Gasteiger partial charge on any atom is -0.364 e. The predicted molar refractivity (Wildman–Crippen MR) is 130 cm³/mol. The molecule has 0 spiro atoms. The second kappa shape index (κ2) is 10.5. The average molecular weight is 508 g/mol. The summed E-state index contributed by atoms with van der Waals surface area (Å²) in [7, 11) is 1.99. The number of carbonyl (C=O) groups excluding carboxylic acids is 2. The van der Waals surface area contributed by atoms with Crippen LogP contribution in [0.5, 0.6) is 0 Å². The standard InChI is InChI=1S/C23H35F2N9O2/c1-31-5-3-2-4-17(31)23(36)33-8-6-32(7-9-33)19-15(25)11-27-12-16(19)29-22(35)18-20(26)30-34-13-14(24)10-28-21(18)34/h11-12,14,17-18,20-21,28,30H,2-10,13,26H2,1H3,(H,29,35). The van der Waals surface area contributed by atoms with Crippen LogP contribution in [0.15, 0.2) is 12.4 Å². The Morgan fingerprint density at radius 2 is 1.94 bits per heavy atom. The molecule has 5 atom stereocenters. The van der Waals surface area contributed by atoms with Crippen LogP contribution in [-0.4, -0.2) is 109 Å². The van der Waals surface area contributed by atoms with Gasteiger partial charge in [0, 0.05) is 39.3 Å². The first kappa shape index (κ1) is 25.2. The van der Waals surface area contributed by atoms with Crippen LogP contribution >= 0.6 is 0 Å². The molecule has 36 heavy (non-hydrogen) atoms. The van der Waals surface area contributed by atoms with Crippen LogP contribution in [0.4, 0.5) is 20.2 Å². The van der Waals surface area contributed by atoms with Crippen LogP contribution in [0.25, 0.3) is 0 Å². The zero-order valence-corrected chi connectivity index (χ0v) is 20.5. The lowest BCUT2D eigenvalue weighted by Gasteiger charge is -2.40. The van der Waals surface area contributed by atoms with Crippen molar-refractivity contribution >= 4 is 23.2 Å². The lowest BCUT2D eigenvalue weighted by molar-refractivity contribution is -0.138. The molecule has 0 bridgehead atoms. The summed E-state index contributed by atoms with van der Waals surface area (Å²) in [6.07, 6.45) is 3.31. The summed E-state index contributed by atoms with van der Waals surface area (Å²) in [5.41, 5.74) is 9.59. The number of anilines is 2. The highest BCUT2D eigenvalue weighted by Gasteiger charge is 2.47. The van der Waals surface area contributed by atoms with E-state index in [1.807, 2.05) is 16.8 Å². The number of carbonyl (C=O) groups is 2. The minimum absolute atomic E-state index is 0.0947. The molecule has 0 aliphatic carbocycles. The molecular formula is C23H35F2N9O2. The zero-order valence-electron chi connectivity index (χ0n) is 20.5. The monoisotopic (exact) mass is 507 g/mol. The van der Waals surface area contributed by atoms with E-state index in [0.29, 0.717) is 26.2 Å². The van der Waals surface area contributed by atoms with Gasteiger partial charge in [0.05, 0.1) is 42.4 Å². The van der Waals surface area contributed by atoms with Gasteiger partial charge in [0.1, 0.15) is 11.9 Å². The summed E-state index contributed by atoms with van der Waals surface area (Å²) in [6, 6.07) is -0.0947. The molecule has 5 unspecified atom stereocenters. The van der Waals surface area contributed by atoms with Gasteiger partial charge < -0.3 is 20.9 Å². The topological polar surface area (TPSA) is 122 Å². The van der Waals surface area contributed by atoms with Crippen molar-refractivity contribution in [1.29, 1.82) is 0 Å². The fraction of sp³-hybridized carbons (Fsp3) is 0.696. The van der Waals surface area contributed by atoms with Gasteiger partial charge in [-0.05, 0) is 26.4 Å². The van der Waals surface area contributed by atoms with Gasteiger partial charge in [0.15, 0.2) is 5.82 Å². The molecule has 13 heteroatoms. The molecule has 5 N–H and O–H groups in total. The maximum Gasteiger partial charge on any atom is 0.240 e. The van der Waals surface area contributed by atoms with Crippen LogP contribution in [0.2, 0.25) is 0 Å². The molecule has 5 rings (SSSR count). The van der Waals surface area contributed by atoms with Crippen molar-refractivity contribution in [1.82, 2.24) is 30.5 Å². The van der Waals surface area contributed by atoms with Crippen LogP contribution in [-0.2, 0) is 9.59 Å². The van der Waals surface area contributed by atoms with Crippen molar-refractivity contribution in [3.8, 4) is 0 Å². The Labute approximate surface area is 209 Å². The molecular weight excluding hydrogens is 472 g/mol. The maximum atomic E-state index is 15.0. The number of likely N-dealkylation sites (tertiary alicyclic amines) is 1. The van der Waals surface area contributed by atoms with Crippen molar-refractivity contribution in [3.63, 3.8) is 0 Å². The van der Waals surface area contributed by atoms with E-state index in [1.54, 1.807) is 5.01 Å². The predicted octanol–water partition coefficient (Wildman–Crippen LogP) is -0.719. The van der Waals surface area contributed by atoms with E-state index < -0.39 is 36.1 Å². The van der Waals surface area contributed by atoms with E-state index in [-0.39, 0.29) is 36.4 Å². The lowest BCUT2D eigenvalue weighted by atomic mass is 10.0. The minimum atomic E-state index is -1.06. The molecule has 1 aromatic heterocycles. The number of piperazine rings is 1.